The van der Waals surface area contributed by atoms with Crippen molar-refractivity contribution in [2.45, 2.75) is 0 Å². The highest BCUT2D eigenvalue weighted by molar-refractivity contribution is 7.26. The molecule has 0 saturated heterocycles. The first kappa shape index (κ1) is 14.4. The van der Waals surface area contributed by atoms with Gasteiger partial charge >= 0.3 is 0 Å². The van der Waals surface area contributed by atoms with E-state index in [9.17, 15) is 6.85 Å². The molecule has 3 aromatic heterocycles. The van der Waals surface area contributed by atoms with Crippen LogP contribution in [0.3, 0.4) is 0 Å². The van der Waals surface area contributed by atoms with Crippen LogP contribution in [0.1, 0.15) is 20.6 Å². The van der Waals surface area contributed by atoms with Gasteiger partial charge in [0.1, 0.15) is 0 Å². The normalized spacial score (nSPS) is 16.7. The topological polar surface area (TPSA) is 9.86 Å². The minimum absolute atomic E-state index is 0.0364. The van der Waals surface area contributed by atoms with Crippen molar-refractivity contribution >= 4 is 75.1 Å². The Morgan fingerprint density at radius 1 is 0.467 bits per heavy atom. The van der Waals surface area contributed by atoms with Crippen LogP contribution in [0.4, 0.5) is 0 Å². The number of rotatable bonds is 3. The summed E-state index contributed by atoms with van der Waals surface area (Å²) >= 11 is 1.58. The summed E-state index contributed by atoms with van der Waals surface area (Å²) in [6.45, 7) is 0. The van der Waals surface area contributed by atoms with E-state index in [1.54, 1.807) is 11.3 Å². The Morgan fingerprint density at radius 2 is 1.07 bits per heavy atom. The van der Waals surface area contributed by atoms with E-state index in [2.05, 4.69) is 0 Å². The number of para-hydroxylation sites is 3. The highest BCUT2D eigenvalue weighted by atomic mass is 32.1. The number of hydrogen-bond acceptors (Lipinski definition) is 1. The summed E-state index contributed by atoms with van der Waals surface area (Å²) in [4.78, 5) is 0. The SMILES string of the molecule is [2H]c1c([2H])c([2H])c(-n2c3c([2H])c([2H])c([2H])c([2H])c3c3c4c5c([2H])c([2H])c([2H])c([2H])c5n(-c5cc(-c6ccccc6)c6sc7ccccc7c6c5)c4c([2H])c([2H])c32)c([2H])c1[2H]. The second-order valence-electron chi connectivity index (χ2n) is 10.6. The first-order valence-corrected chi connectivity index (χ1v) is 15.0. The molecule has 0 bridgehead atoms. The maximum atomic E-state index is 9.77. The average Bonchev–Trinajstić information content (AvgIpc) is 3.93. The molecular weight excluding hydrogens is 565 g/mol. The molecule has 0 fully saturated rings. The second kappa shape index (κ2) is 9.43. The summed E-state index contributed by atoms with van der Waals surface area (Å²) in [6, 6.07) is 11.6. The minimum atomic E-state index is -0.739. The lowest BCUT2D eigenvalue weighted by Gasteiger charge is -2.12. The Hall–Kier alpha value is -5.64. The molecule has 3 heterocycles. The predicted octanol–water partition coefficient (Wildman–Crippen LogP) is 11.9. The summed E-state index contributed by atoms with van der Waals surface area (Å²) < 4.78 is 139. The zero-order chi connectivity index (χ0) is 42.5. The molecule has 0 atom stereocenters. The first-order chi connectivity index (χ1) is 28.6. The molecule has 10 aromatic rings. The lowest BCUT2D eigenvalue weighted by Crippen LogP contribution is -1.95. The van der Waals surface area contributed by atoms with Crippen molar-refractivity contribution in [3.8, 4) is 22.5 Å². The molecule has 3 heteroatoms. The number of nitrogens with zero attached hydrogens (tertiary/aromatic N) is 2. The van der Waals surface area contributed by atoms with Crippen molar-refractivity contribution in [1.29, 1.82) is 0 Å². The Bertz CT molecular complexity index is 3580. The van der Waals surface area contributed by atoms with Crippen LogP contribution in [0.25, 0.3) is 86.3 Å². The fraction of sp³-hybridized carbons (Fsp3) is 0. The van der Waals surface area contributed by atoms with Gasteiger partial charge in [-0.2, -0.15) is 0 Å². The molecule has 0 unspecified atom stereocenters. The molecular formula is C42H26N2S. The quantitative estimate of drug-likeness (QED) is 0.190. The molecule has 0 N–H and O–H groups in total. The van der Waals surface area contributed by atoms with Gasteiger partial charge in [-0.3, -0.25) is 0 Å². The van der Waals surface area contributed by atoms with Gasteiger partial charge in [-0.25, -0.2) is 0 Å². The molecule has 0 aliphatic heterocycles. The molecule has 0 aliphatic carbocycles. The van der Waals surface area contributed by atoms with E-state index in [1.165, 1.54) is 4.57 Å². The zero-order valence-corrected chi connectivity index (χ0v) is 24.0. The highest BCUT2D eigenvalue weighted by Gasteiger charge is 2.21. The maximum Gasteiger partial charge on any atom is 0.0646 e. The van der Waals surface area contributed by atoms with Gasteiger partial charge in [0.2, 0.25) is 0 Å². The van der Waals surface area contributed by atoms with Crippen LogP contribution >= 0.6 is 11.3 Å². The largest absolute Gasteiger partial charge is 0.309 e. The van der Waals surface area contributed by atoms with Crippen molar-refractivity contribution in [2.75, 3.05) is 0 Å². The van der Waals surface area contributed by atoms with Crippen LogP contribution in [0.5, 0.6) is 0 Å². The van der Waals surface area contributed by atoms with Crippen LogP contribution in [-0.2, 0) is 0 Å². The van der Waals surface area contributed by atoms with Crippen molar-refractivity contribution in [2.24, 2.45) is 0 Å². The zero-order valence-electron chi connectivity index (χ0n) is 38.2. The van der Waals surface area contributed by atoms with Crippen LogP contribution in [0, 0.1) is 0 Å². The van der Waals surface area contributed by atoms with Gasteiger partial charge in [0.15, 0.2) is 0 Å². The number of aromatic nitrogens is 2. The fourth-order valence-electron chi connectivity index (χ4n) is 6.45. The first-order valence-electron chi connectivity index (χ1n) is 21.6. The monoisotopic (exact) mass is 605 g/mol. The third-order valence-electron chi connectivity index (χ3n) is 8.27. The summed E-state index contributed by atoms with van der Waals surface area (Å²) in [5.74, 6) is 0. The third-order valence-corrected chi connectivity index (χ3v) is 9.49. The third kappa shape index (κ3) is 3.50. The number of fused-ring (bicyclic) bond motifs is 10. The molecule has 0 aliphatic rings. The van der Waals surface area contributed by atoms with E-state index < -0.39 is 96.3 Å². The van der Waals surface area contributed by atoms with E-state index in [4.69, 9.17) is 13.7 Å². The van der Waals surface area contributed by atoms with Crippen molar-refractivity contribution in [1.82, 2.24) is 9.13 Å². The van der Waals surface area contributed by atoms with E-state index in [0.29, 0.717) is 5.69 Å². The van der Waals surface area contributed by atoms with E-state index in [0.717, 1.165) is 35.9 Å². The molecule has 0 amide bonds. The second-order valence-corrected chi connectivity index (χ2v) is 11.7. The van der Waals surface area contributed by atoms with Crippen molar-refractivity contribution in [3.63, 3.8) is 0 Å². The summed E-state index contributed by atoms with van der Waals surface area (Å²) in [5, 5.41) is 1.28. The van der Waals surface area contributed by atoms with Crippen molar-refractivity contribution in [3.05, 3.63) is 157 Å². The number of benzene rings is 7. The van der Waals surface area contributed by atoms with E-state index in [-0.39, 0.29) is 43.6 Å². The Balaban J connectivity index is 1.53. The van der Waals surface area contributed by atoms with E-state index >= 15 is 0 Å². The standard InChI is InChI=1S/C42H26N2S/c1-3-13-27(14-4-1)33-25-29(26-34-30-17-9-12-22-39(30)45-42(33)34)44-36-21-11-8-19-32(36)41-38(44)24-23-37-40(41)31-18-7-10-20-35(31)43(37)28-15-5-2-6-16-28/h1-26H/i2D,5D,6D,7D,8D,10D,11D,15D,16D,18D,19D,20D,21D,23D,24D. The molecule has 0 saturated carbocycles. The summed E-state index contributed by atoms with van der Waals surface area (Å²) in [5.41, 5.74) is 0.762. The van der Waals surface area contributed by atoms with Crippen LogP contribution in [0.2, 0.25) is 0 Å². The van der Waals surface area contributed by atoms with Gasteiger partial charge in [-0.1, -0.05) is 103 Å². The summed E-state index contributed by atoms with van der Waals surface area (Å²) in [6.07, 6.45) is 0. The Morgan fingerprint density at radius 3 is 1.78 bits per heavy atom. The molecule has 0 radical (unpaired) electrons. The molecule has 7 aromatic carbocycles. The molecule has 210 valence electrons. The lowest BCUT2D eigenvalue weighted by molar-refractivity contribution is 1.17. The van der Waals surface area contributed by atoms with Crippen LogP contribution in [0.15, 0.2) is 157 Å². The highest BCUT2D eigenvalue weighted by Crippen LogP contribution is 2.45. The van der Waals surface area contributed by atoms with Gasteiger partial charge < -0.3 is 9.13 Å². The fourth-order valence-corrected chi connectivity index (χ4v) is 7.67. The summed E-state index contributed by atoms with van der Waals surface area (Å²) in [7, 11) is 0. The van der Waals surface area contributed by atoms with Gasteiger partial charge in [0, 0.05) is 58.7 Å². The van der Waals surface area contributed by atoms with Crippen LogP contribution in [-0.4, -0.2) is 9.13 Å². The average molecular weight is 606 g/mol. The maximum absolute atomic E-state index is 9.77. The van der Waals surface area contributed by atoms with Crippen molar-refractivity contribution < 1.29 is 20.6 Å². The van der Waals surface area contributed by atoms with Gasteiger partial charge in [-0.15, -0.1) is 11.3 Å². The molecule has 45 heavy (non-hydrogen) atoms. The van der Waals surface area contributed by atoms with E-state index in [1.807, 2.05) is 66.7 Å². The number of thiophene rings is 1. The molecule has 0 spiro atoms. The van der Waals surface area contributed by atoms with Gasteiger partial charge in [0.05, 0.1) is 42.6 Å². The van der Waals surface area contributed by atoms with Crippen LogP contribution < -0.4 is 0 Å². The predicted molar refractivity (Wildman–Crippen MR) is 193 cm³/mol. The van der Waals surface area contributed by atoms with Gasteiger partial charge in [-0.05, 0) is 60.0 Å². The smallest absolute Gasteiger partial charge is 0.0646 e. The van der Waals surface area contributed by atoms with Gasteiger partial charge in [0.25, 0.3) is 0 Å². The molecule has 2 nitrogen and oxygen atoms in total. The number of hydrogen-bond donors (Lipinski definition) is 0. The molecule has 10 rings (SSSR count). The lowest BCUT2D eigenvalue weighted by atomic mass is 10.0. The minimum Gasteiger partial charge on any atom is -0.309 e. The Kier molecular flexibility index (Phi) is 3.02. The Labute approximate surface area is 284 Å².